The summed E-state index contributed by atoms with van der Waals surface area (Å²) in [6, 6.07) is 6.15. The number of esters is 1. The Morgan fingerprint density at radius 2 is 1.95 bits per heavy atom. The lowest BCUT2D eigenvalue weighted by atomic mass is 10.2. The summed E-state index contributed by atoms with van der Waals surface area (Å²) in [5, 5.41) is 15.9. The van der Waals surface area contributed by atoms with Crippen LogP contribution in [-0.2, 0) is 4.74 Å². The molecule has 1 heterocycles. The van der Waals surface area contributed by atoms with Crippen molar-refractivity contribution in [1.82, 2.24) is 15.0 Å². The molecule has 1 aromatic carbocycles. The molecule has 3 N–H and O–H groups in total. The van der Waals surface area contributed by atoms with E-state index >= 15 is 0 Å². The highest BCUT2D eigenvalue weighted by molar-refractivity contribution is 5.91. The lowest BCUT2D eigenvalue weighted by Gasteiger charge is -2.04. The Labute approximate surface area is 107 Å². The van der Waals surface area contributed by atoms with E-state index in [-0.39, 0.29) is 11.5 Å². The molecule has 19 heavy (non-hydrogen) atoms. The molecule has 0 saturated carbocycles. The van der Waals surface area contributed by atoms with Crippen LogP contribution >= 0.6 is 0 Å². The third-order valence-electron chi connectivity index (χ3n) is 2.44. The second-order valence-electron chi connectivity index (χ2n) is 3.58. The summed E-state index contributed by atoms with van der Waals surface area (Å²) in [6.07, 6.45) is 0. The number of carbonyl (C=O) groups excluding carboxylic acids is 1. The number of aromatic nitrogens is 3. The normalized spacial score (nSPS) is 10.2. The average molecular weight is 262 g/mol. The monoisotopic (exact) mass is 262 g/mol. The van der Waals surface area contributed by atoms with E-state index in [1.165, 1.54) is 23.9 Å². The number of ether oxygens (including phenoxy) is 1. The van der Waals surface area contributed by atoms with Crippen molar-refractivity contribution in [3.63, 3.8) is 0 Å². The van der Waals surface area contributed by atoms with Gasteiger partial charge in [-0.1, -0.05) is 5.21 Å². The van der Waals surface area contributed by atoms with Crippen molar-refractivity contribution >= 4 is 17.8 Å². The smallest absolute Gasteiger partial charge is 0.360 e. The van der Waals surface area contributed by atoms with Gasteiger partial charge in [-0.25, -0.2) is 9.59 Å². The zero-order valence-corrected chi connectivity index (χ0v) is 9.90. The Kier molecular flexibility index (Phi) is 3.15. The molecule has 8 nitrogen and oxygen atoms in total. The highest BCUT2D eigenvalue weighted by Gasteiger charge is 2.17. The third kappa shape index (κ3) is 2.23. The minimum absolute atomic E-state index is 0.0849. The van der Waals surface area contributed by atoms with Crippen LogP contribution in [0.15, 0.2) is 24.3 Å². The molecule has 0 atom stereocenters. The van der Waals surface area contributed by atoms with E-state index in [1.807, 2.05) is 0 Å². The number of nitrogen functional groups attached to an aromatic ring is 1. The van der Waals surface area contributed by atoms with Crippen molar-refractivity contribution in [3.05, 3.63) is 35.5 Å². The van der Waals surface area contributed by atoms with Gasteiger partial charge in [0.15, 0.2) is 5.82 Å². The summed E-state index contributed by atoms with van der Waals surface area (Å²) in [4.78, 5) is 22.1. The highest BCUT2D eigenvalue weighted by atomic mass is 16.5. The van der Waals surface area contributed by atoms with Crippen LogP contribution in [0.4, 0.5) is 5.82 Å². The zero-order chi connectivity index (χ0) is 14.0. The fourth-order valence-corrected chi connectivity index (χ4v) is 1.49. The van der Waals surface area contributed by atoms with Crippen LogP contribution in [0.5, 0.6) is 0 Å². The van der Waals surface area contributed by atoms with Crippen molar-refractivity contribution in [2.75, 3.05) is 12.8 Å². The second-order valence-corrected chi connectivity index (χ2v) is 3.58. The summed E-state index contributed by atoms with van der Waals surface area (Å²) in [5.41, 5.74) is 6.16. The number of hydrogen-bond acceptors (Lipinski definition) is 6. The standard InChI is InChI=1S/C11H10N4O4/c1-19-11(18)6-2-4-7(5-3-6)15-9(12)8(10(16)17)13-14-15/h2-5H,12H2,1H3,(H,16,17). The van der Waals surface area contributed by atoms with Gasteiger partial charge in [0.25, 0.3) is 0 Å². The molecule has 0 aliphatic rings. The van der Waals surface area contributed by atoms with Gasteiger partial charge < -0.3 is 15.6 Å². The van der Waals surface area contributed by atoms with Gasteiger partial charge in [0.1, 0.15) is 0 Å². The van der Waals surface area contributed by atoms with Gasteiger partial charge >= 0.3 is 11.9 Å². The lowest BCUT2D eigenvalue weighted by Crippen LogP contribution is -2.06. The summed E-state index contributed by atoms with van der Waals surface area (Å²) in [6.45, 7) is 0. The number of benzene rings is 1. The first kappa shape index (κ1) is 12.6. The third-order valence-corrected chi connectivity index (χ3v) is 2.44. The fourth-order valence-electron chi connectivity index (χ4n) is 1.49. The molecule has 0 aliphatic carbocycles. The molecule has 0 amide bonds. The van der Waals surface area contributed by atoms with Crippen LogP contribution in [-0.4, -0.2) is 39.1 Å². The Bertz CT molecular complexity index is 633. The van der Waals surface area contributed by atoms with Gasteiger partial charge in [-0.15, -0.1) is 5.10 Å². The van der Waals surface area contributed by atoms with Crippen LogP contribution in [0.25, 0.3) is 5.69 Å². The van der Waals surface area contributed by atoms with Crippen molar-refractivity contribution in [2.24, 2.45) is 0 Å². The number of carboxylic acid groups (broad SMARTS) is 1. The van der Waals surface area contributed by atoms with Crippen molar-refractivity contribution in [2.45, 2.75) is 0 Å². The summed E-state index contributed by atoms with van der Waals surface area (Å²) in [7, 11) is 1.28. The number of anilines is 1. The highest BCUT2D eigenvalue weighted by Crippen LogP contribution is 2.15. The van der Waals surface area contributed by atoms with E-state index in [4.69, 9.17) is 10.8 Å². The number of aromatic carboxylic acids is 1. The zero-order valence-electron chi connectivity index (χ0n) is 9.90. The first-order chi connectivity index (χ1) is 9.04. The first-order valence-corrected chi connectivity index (χ1v) is 5.18. The Morgan fingerprint density at radius 3 is 2.42 bits per heavy atom. The van der Waals surface area contributed by atoms with Crippen LogP contribution < -0.4 is 5.73 Å². The predicted molar refractivity (Wildman–Crippen MR) is 64.1 cm³/mol. The molecule has 2 aromatic rings. The van der Waals surface area contributed by atoms with E-state index in [9.17, 15) is 9.59 Å². The number of nitrogens with two attached hydrogens (primary N) is 1. The summed E-state index contributed by atoms with van der Waals surface area (Å²) < 4.78 is 5.74. The Hall–Kier alpha value is -2.90. The number of methoxy groups -OCH3 is 1. The maximum Gasteiger partial charge on any atom is 0.360 e. The van der Waals surface area contributed by atoms with Gasteiger partial charge in [-0.3, -0.25) is 0 Å². The SMILES string of the molecule is COC(=O)c1ccc(-n2nnc(C(=O)O)c2N)cc1. The number of rotatable bonds is 3. The van der Waals surface area contributed by atoms with E-state index in [1.54, 1.807) is 12.1 Å². The number of carbonyl (C=O) groups is 2. The molecule has 0 saturated heterocycles. The molecule has 0 fully saturated rings. The number of hydrogen-bond donors (Lipinski definition) is 2. The van der Waals surface area contributed by atoms with Crippen LogP contribution in [0.1, 0.15) is 20.8 Å². The summed E-state index contributed by atoms with van der Waals surface area (Å²) >= 11 is 0. The molecule has 0 aliphatic heterocycles. The quantitative estimate of drug-likeness (QED) is 0.765. The van der Waals surface area contributed by atoms with Gasteiger partial charge in [0.05, 0.1) is 18.4 Å². The molecular formula is C11H10N4O4. The van der Waals surface area contributed by atoms with E-state index in [2.05, 4.69) is 15.0 Å². The molecule has 0 unspecified atom stereocenters. The molecule has 0 spiro atoms. The van der Waals surface area contributed by atoms with Crippen LogP contribution in [0.3, 0.4) is 0 Å². The van der Waals surface area contributed by atoms with Crippen LogP contribution in [0.2, 0.25) is 0 Å². The summed E-state index contributed by atoms with van der Waals surface area (Å²) in [5.74, 6) is -1.81. The second kappa shape index (κ2) is 4.77. The molecular weight excluding hydrogens is 252 g/mol. The van der Waals surface area contributed by atoms with E-state index < -0.39 is 11.9 Å². The topological polar surface area (TPSA) is 120 Å². The minimum atomic E-state index is -1.25. The molecule has 2 rings (SSSR count). The Balaban J connectivity index is 2.38. The van der Waals surface area contributed by atoms with Crippen molar-refractivity contribution < 1.29 is 19.4 Å². The molecule has 8 heteroatoms. The van der Waals surface area contributed by atoms with E-state index in [0.717, 1.165) is 0 Å². The van der Waals surface area contributed by atoms with Crippen molar-refractivity contribution in [1.29, 1.82) is 0 Å². The molecule has 98 valence electrons. The largest absolute Gasteiger partial charge is 0.476 e. The Morgan fingerprint density at radius 1 is 1.32 bits per heavy atom. The molecule has 0 radical (unpaired) electrons. The van der Waals surface area contributed by atoms with Gasteiger partial charge in [0.2, 0.25) is 5.69 Å². The molecule has 0 bridgehead atoms. The van der Waals surface area contributed by atoms with Gasteiger partial charge in [-0.05, 0) is 24.3 Å². The minimum Gasteiger partial charge on any atom is -0.476 e. The van der Waals surface area contributed by atoms with E-state index in [0.29, 0.717) is 11.3 Å². The number of carboxylic acids is 1. The van der Waals surface area contributed by atoms with Crippen molar-refractivity contribution in [3.8, 4) is 5.69 Å². The molecule has 1 aromatic heterocycles. The van der Waals surface area contributed by atoms with Gasteiger partial charge in [0, 0.05) is 0 Å². The maximum atomic E-state index is 11.3. The first-order valence-electron chi connectivity index (χ1n) is 5.18. The fraction of sp³-hybridized carbons (Fsp3) is 0.0909. The lowest BCUT2D eigenvalue weighted by molar-refractivity contribution is 0.0599. The van der Waals surface area contributed by atoms with Gasteiger partial charge in [-0.2, -0.15) is 4.68 Å². The van der Waals surface area contributed by atoms with Crippen LogP contribution in [0, 0.1) is 0 Å². The number of nitrogens with zero attached hydrogens (tertiary/aromatic N) is 3. The predicted octanol–water partition coefficient (Wildman–Crippen LogP) is 0.334. The average Bonchev–Trinajstić information content (AvgIpc) is 2.80. The maximum absolute atomic E-state index is 11.3.